The summed E-state index contributed by atoms with van der Waals surface area (Å²) in [7, 11) is 0. The molecule has 0 aromatic carbocycles. The van der Waals surface area contributed by atoms with Crippen LogP contribution in [-0.2, 0) is 56.9 Å². The minimum Gasteiger partial charge on any atom is -0.463 e. The van der Waals surface area contributed by atoms with Gasteiger partial charge in [0.15, 0.2) is 0 Å². The summed E-state index contributed by atoms with van der Waals surface area (Å²) in [5.74, 6) is -0.145. The first kappa shape index (κ1) is 43.1. The standard InChI is InChI=1S/C33H65NO12/c1-2-3-4-5-6-7-33(35)46-31-29-44-27-25-42-23-21-40-19-17-38-15-13-36-12-14-37-16-18-39-20-22-41-24-26-43-28-30-45-32-8-10-34-11-9-32/h32,34H,2-31H2,1H3. The molecule has 0 radical (unpaired) electrons. The van der Waals surface area contributed by atoms with Crippen molar-refractivity contribution in [1.29, 1.82) is 0 Å². The molecule has 1 N–H and O–H groups in total. The van der Waals surface area contributed by atoms with Gasteiger partial charge < -0.3 is 57.4 Å². The second-order valence-corrected chi connectivity index (χ2v) is 10.7. The van der Waals surface area contributed by atoms with Gasteiger partial charge >= 0.3 is 5.97 Å². The number of carbonyl (C=O) groups is 1. The maximum Gasteiger partial charge on any atom is 0.305 e. The van der Waals surface area contributed by atoms with Crippen LogP contribution in [0.2, 0.25) is 0 Å². The molecule has 1 saturated heterocycles. The van der Waals surface area contributed by atoms with Crippen LogP contribution < -0.4 is 5.32 Å². The van der Waals surface area contributed by atoms with E-state index >= 15 is 0 Å². The summed E-state index contributed by atoms with van der Waals surface area (Å²) < 4.78 is 60.3. The molecule has 0 atom stereocenters. The number of ether oxygens (including phenoxy) is 11. The molecule has 1 heterocycles. The van der Waals surface area contributed by atoms with Crippen LogP contribution in [0.15, 0.2) is 0 Å². The van der Waals surface area contributed by atoms with Crippen LogP contribution in [0.4, 0.5) is 0 Å². The smallest absolute Gasteiger partial charge is 0.305 e. The molecule has 46 heavy (non-hydrogen) atoms. The second kappa shape index (κ2) is 36.9. The Hall–Kier alpha value is -0.970. The minimum absolute atomic E-state index is 0.145. The van der Waals surface area contributed by atoms with Crippen LogP contribution >= 0.6 is 0 Å². The zero-order valence-corrected chi connectivity index (χ0v) is 28.7. The summed E-state index contributed by atoms with van der Waals surface area (Å²) in [4.78, 5) is 11.6. The first-order valence-corrected chi connectivity index (χ1v) is 17.5. The molecule has 0 aromatic heterocycles. The molecular weight excluding hydrogens is 602 g/mol. The molecule has 0 saturated carbocycles. The summed E-state index contributed by atoms with van der Waals surface area (Å²) in [6.07, 6.45) is 8.61. The molecule has 1 fully saturated rings. The van der Waals surface area contributed by atoms with Crippen LogP contribution in [0.5, 0.6) is 0 Å². The quantitative estimate of drug-likeness (QED) is 0.0771. The predicted molar refractivity (Wildman–Crippen MR) is 174 cm³/mol. The van der Waals surface area contributed by atoms with Crippen molar-refractivity contribution in [3.8, 4) is 0 Å². The number of nitrogens with one attached hydrogen (secondary N) is 1. The largest absolute Gasteiger partial charge is 0.463 e. The number of esters is 1. The average Bonchev–Trinajstić information content (AvgIpc) is 3.07. The number of hydrogen-bond acceptors (Lipinski definition) is 13. The number of hydrogen-bond donors (Lipinski definition) is 1. The van der Waals surface area contributed by atoms with Crippen LogP contribution in [0.25, 0.3) is 0 Å². The third kappa shape index (κ3) is 33.0. The van der Waals surface area contributed by atoms with Gasteiger partial charge in [0.05, 0.1) is 132 Å². The van der Waals surface area contributed by atoms with Gasteiger partial charge in [-0.1, -0.05) is 32.6 Å². The summed E-state index contributed by atoms with van der Waals surface area (Å²) in [5, 5.41) is 3.33. The first-order valence-electron chi connectivity index (χ1n) is 17.5. The molecule has 0 amide bonds. The van der Waals surface area contributed by atoms with Gasteiger partial charge in [0.2, 0.25) is 0 Å². The normalized spacial score (nSPS) is 13.8. The summed E-state index contributed by atoms with van der Waals surface area (Å²) in [6.45, 7) is 14.3. The lowest BCUT2D eigenvalue weighted by molar-refractivity contribution is -0.145. The number of piperidine rings is 1. The van der Waals surface area contributed by atoms with Crippen molar-refractivity contribution in [3.63, 3.8) is 0 Å². The highest BCUT2D eigenvalue weighted by Crippen LogP contribution is 2.07. The Morgan fingerprint density at radius 2 is 0.826 bits per heavy atom. The Balaban J connectivity index is 1.62. The molecule has 0 unspecified atom stereocenters. The van der Waals surface area contributed by atoms with Crippen molar-refractivity contribution in [2.75, 3.05) is 145 Å². The number of rotatable bonds is 37. The Labute approximate surface area is 277 Å². The number of carbonyl (C=O) groups excluding carboxylic acids is 1. The molecular formula is C33H65NO12. The highest BCUT2D eigenvalue weighted by atomic mass is 16.6. The molecule has 0 aliphatic carbocycles. The van der Waals surface area contributed by atoms with Crippen LogP contribution in [0, 0.1) is 0 Å². The lowest BCUT2D eigenvalue weighted by Gasteiger charge is -2.22. The second-order valence-electron chi connectivity index (χ2n) is 10.7. The maximum absolute atomic E-state index is 11.6. The fraction of sp³-hybridized carbons (Fsp3) is 0.970. The van der Waals surface area contributed by atoms with Gasteiger partial charge in [-0.2, -0.15) is 0 Å². The third-order valence-corrected chi connectivity index (χ3v) is 6.82. The summed E-state index contributed by atoms with van der Waals surface area (Å²) in [5.41, 5.74) is 0. The van der Waals surface area contributed by atoms with Gasteiger partial charge in [-0.05, 0) is 32.4 Å². The number of unbranched alkanes of at least 4 members (excludes halogenated alkanes) is 4. The molecule has 1 rings (SSSR count). The lowest BCUT2D eigenvalue weighted by atomic mass is 10.1. The van der Waals surface area contributed by atoms with E-state index in [1.165, 1.54) is 19.3 Å². The molecule has 0 spiro atoms. The van der Waals surface area contributed by atoms with E-state index < -0.39 is 0 Å². The molecule has 1 aliphatic rings. The topological polar surface area (TPSA) is 131 Å². The fourth-order valence-corrected chi connectivity index (χ4v) is 4.26. The Kier molecular flexibility index (Phi) is 34.5. The predicted octanol–water partition coefficient (Wildman–Crippen LogP) is 2.81. The summed E-state index contributed by atoms with van der Waals surface area (Å²) in [6, 6.07) is 0. The molecule has 0 aromatic rings. The van der Waals surface area contributed by atoms with E-state index in [1.54, 1.807) is 0 Å². The van der Waals surface area contributed by atoms with E-state index in [-0.39, 0.29) is 12.6 Å². The third-order valence-electron chi connectivity index (χ3n) is 6.82. The highest BCUT2D eigenvalue weighted by Gasteiger charge is 2.12. The monoisotopic (exact) mass is 667 g/mol. The van der Waals surface area contributed by atoms with Gasteiger partial charge in [0.25, 0.3) is 0 Å². The molecule has 13 nitrogen and oxygen atoms in total. The van der Waals surface area contributed by atoms with Gasteiger partial charge in [0, 0.05) is 6.42 Å². The van der Waals surface area contributed by atoms with E-state index in [0.29, 0.717) is 138 Å². The van der Waals surface area contributed by atoms with Crippen molar-refractivity contribution in [2.24, 2.45) is 0 Å². The zero-order valence-electron chi connectivity index (χ0n) is 28.7. The molecule has 13 heteroatoms. The van der Waals surface area contributed by atoms with E-state index in [4.69, 9.17) is 52.1 Å². The maximum atomic E-state index is 11.6. The Morgan fingerprint density at radius 1 is 0.478 bits per heavy atom. The van der Waals surface area contributed by atoms with E-state index in [9.17, 15) is 4.79 Å². The first-order chi connectivity index (χ1) is 22.8. The van der Waals surface area contributed by atoms with Crippen molar-refractivity contribution in [1.82, 2.24) is 5.32 Å². The van der Waals surface area contributed by atoms with Gasteiger partial charge in [-0.3, -0.25) is 4.79 Å². The van der Waals surface area contributed by atoms with E-state index in [1.807, 2.05) is 0 Å². The molecule has 0 bridgehead atoms. The SMILES string of the molecule is CCCCCCCC(=O)OCCOCCOCCOCCOCCOCCOCCOCCOCCOCCOC1CCNCC1. The Morgan fingerprint density at radius 3 is 1.22 bits per heavy atom. The molecule has 274 valence electrons. The lowest BCUT2D eigenvalue weighted by Crippen LogP contribution is -2.33. The minimum atomic E-state index is -0.145. The van der Waals surface area contributed by atoms with Crippen LogP contribution in [0.1, 0.15) is 58.3 Å². The fourth-order valence-electron chi connectivity index (χ4n) is 4.26. The van der Waals surface area contributed by atoms with Crippen LogP contribution in [-0.4, -0.2) is 157 Å². The van der Waals surface area contributed by atoms with Gasteiger partial charge in [0.1, 0.15) is 6.61 Å². The van der Waals surface area contributed by atoms with E-state index in [2.05, 4.69) is 12.2 Å². The average molecular weight is 668 g/mol. The van der Waals surface area contributed by atoms with Crippen molar-refractivity contribution >= 4 is 5.97 Å². The Bertz CT molecular complexity index is 613. The molecule has 1 aliphatic heterocycles. The van der Waals surface area contributed by atoms with Crippen molar-refractivity contribution in [2.45, 2.75) is 64.4 Å². The van der Waals surface area contributed by atoms with Gasteiger partial charge in [-0.15, -0.1) is 0 Å². The van der Waals surface area contributed by atoms with Gasteiger partial charge in [-0.25, -0.2) is 0 Å². The van der Waals surface area contributed by atoms with Crippen molar-refractivity contribution < 1.29 is 56.9 Å². The van der Waals surface area contributed by atoms with Crippen LogP contribution in [0.3, 0.4) is 0 Å². The zero-order chi connectivity index (χ0) is 32.9. The van der Waals surface area contributed by atoms with Crippen molar-refractivity contribution in [3.05, 3.63) is 0 Å². The summed E-state index contributed by atoms with van der Waals surface area (Å²) >= 11 is 0. The highest BCUT2D eigenvalue weighted by molar-refractivity contribution is 5.69. The van der Waals surface area contributed by atoms with E-state index in [0.717, 1.165) is 38.8 Å².